The molecule has 0 saturated carbocycles. The molecule has 0 aliphatic carbocycles. The Hall–Kier alpha value is -2.25. The summed E-state index contributed by atoms with van der Waals surface area (Å²) in [5, 5.41) is 2.57. The molecule has 1 atom stereocenters. The monoisotopic (exact) mass is 383 g/mol. The van der Waals surface area contributed by atoms with Gasteiger partial charge in [-0.05, 0) is 48.6 Å². The van der Waals surface area contributed by atoms with Gasteiger partial charge in [-0.2, -0.15) is 0 Å². The summed E-state index contributed by atoms with van der Waals surface area (Å²) in [5.74, 6) is 0.109. The number of carbonyl (C=O) groups excluding carboxylic acids is 2. The second kappa shape index (κ2) is 6.81. The van der Waals surface area contributed by atoms with Gasteiger partial charge in [0.05, 0.1) is 15.5 Å². The zero-order valence-electron chi connectivity index (χ0n) is 14.4. The summed E-state index contributed by atoms with van der Waals surface area (Å²) in [6.07, 6.45) is 2.33. The fraction of sp³-hybridized carbons (Fsp3) is 0.263. The van der Waals surface area contributed by atoms with E-state index in [2.05, 4.69) is 9.97 Å². The molecule has 3 heterocycles. The number of nitrogens with zero attached hydrogens (tertiary/aromatic N) is 3. The predicted octanol–water partition coefficient (Wildman–Crippen LogP) is 3.96. The lowest BCUT2D eigenvalue weighted by atomic mass is 10.0. The highest BCUT2D eigenvalue weighted by molar-refractivity contribution is 8.00. The zero-order chi connectivity index (χ0) is 18.3. The minimum Gasteiger partial charge on any atom is -0.312 e. The van der Waals surface area contributed by atoms with E-state index in [1.54, 1.807) is 29.5 Å². The number of rotatable bonds is 4. The Morgan fingerprint density at radius 2 is 2.12 bits per heavy atom. The fourth-order valence-corrected chi connectivity index (χ4v) is 5.10. The Morgan fingerprint density at radius 1 is 1.27 bits per heavy atom. The lowest BCUT2D eigenvalue weighted by molar-refractivity contribution is -0.116. The maximum absolute atomic E-state index is 12.9. The van der Waals surface area contributed by atoms with Crippen molar-refractivity contribution >= 4 is 50.7 Å². The van der Waals surface area contributed by atoms with Gasteiger partial charge in [0, 0.05) is 24.7 Å². The molecule has 0 fully saturated rings. The Bertz CT molecular complexity index is 1010. The molecule has 4 rings (SSSR count). The summed E-state index contributed by atoms with van der Waals surface area (Å²) in [4.78, 5) is 34.9. The first-order valence-corrected chi connectivity index (χ1v) is 10.1. The van der Waals surface area contributed by atoms with Crippen molar-refractivity contribution in [1.82, 2.24) is 9.97 Å². The van der Waals surface area contributed by atoms with E-state index in [9.17, 15) is 9.59 Å². The maximum atomic E-state index is 12.9. The number of thiophene rings is 1. The van der Waals surface area contributed by atoms with Crippen molar-refractivity contribution in [3.63, 3.8) is 0 Å². The summed E-state index contributed by atoms with van der Waals surface area (Å²) in [6.45, 7) is 4.16. The number of amides is 1. The first kappa shape index (κ1) is 17.2. The summed E-state index contributed by atoms with van der Waals surface area (Å²) < 4.78 is 1.02. The Balaban J connectivity index is 1.56. The van der Waals surface area contributed by atoms with Gasteiger partial charge in [0.2, 0.25) is 5.91 Å². The molecule has 0 spiro atoms. The number of ketones is 1. The van der Waals surface area contributed by atoms with Crippen LogP contribution in [0.3, 0.4) is 0 Å². The fourth-order valence-electron chi connectivity index (χ4n) is 3.19. The van der Waals surface area contributed by atoms with Crippen molar-refractivity contribution in [2.75, 3.05) is 11.4 Å². The van der Waals surface area contributed by atoms with Crippen LogP contribution in [0.5, 0.6) is 0 Å². The molecule has 26 heavy (non-hydrogen) atoms. The normalized spacial score (nSPS) is 14.5. The van der Waals surface area contributed by atoms with Crippen LogP contribution in [-0.4, -0.2) is 33.5 Å². The number of anilines is 1. The maximum Gasteiger partial charge on any atom is 0.223 e. The molecule has 132 valence electrons. The van der Waals surface area contributed by atoms with Crippen LogP contribution in [0.4, 0.5) is 5.69 Å². The third-order valence-corrected chi connectivity index (χ3v) is 6.65. The first-order chi connectivity index (χ1) is 12.5. The molecule has 1 aromatic carbocycles. The number of hydrogen-bond acceptors (Lipinski definition) is 6. The number of thioether (sulfide) groups is 1. The predicted molar refractivity (Wildman–Crippen MR) is 105 cm³/mol. The van der Waals surface area contributed by atoms with Crippen LogP contribution < -0.4 is 4.90 Å². The van der Waals surface area contributed by atoms with Gasteiger partial charge in [-0.1, -0.05) is 11.8 Å². The number of carbonyl (C=O) groups is 2. The number of aromatic nitrogens is 2. The SMILES string of the molecule is CC(=O)N1CCc2cc(C(=O)C(C)Sc3ncnc4ccsc34)ccc21. The van der Waals surface area contributed by atoms with Gasteiger partial charge in [-0.25, -0.2) is 9.97 Å². The van der Waals surface area contributed by atoms with Gasteiger partial charge < -0.3 is 4.90 Å². The second-order valence-corrected chi connectivity index (χ2v) is 8.45. The smallest absolute Gasteiger partial charge is 0.223 e. The highest BCUT2D eigenvalue weighted by Crippen LogP contribution is 2.34. The molecule has 1 unspecified atom stereocenters. The molecular weight excluding hydrogens is 366 g/mol. The summed E-state index contributed by atoms with van der Waals surface area (Å²) >= 11 is 3.05. The zero-order valence-corrected chi connectivity index (χ0v) is 16.1. The molecule has 0 radical (unpaired) electrons. The van der Waals surface area contributed by atoms with Crippen LogP contribution in [0.25, 0.3) is 10.2 Å². The quantitative estimate of drug-likeness (QED) is 0.388. The molecule has 5 nitrogen and oxygen atoms in total. The molecule has 7 heteroatoms. The van der Waals surface area contributed by atoms with Gasteiger partial charge in [-0.3, -0.25) is 9.59 Å². The van der Waals surface area contributed by atoms with Crippen LogP contribution >= 0.6 is 23.1 Å². The minimum atomic E-state index is -0.251. The van der Waals surface area contributed by atoms with E-state index >= 15 is 0 Å². The van der Waals surface area contributed by atoms with Crippen LogP contribution in [0.2, 0.25) is 0 Å². The topological polar surface area (TPSA) is 63.2 Å². The molecule has 2 aromatic heterocycles. The summed E-state index contributed by atoms with van der Waals surface area (Å²) in [5.41, 5.74) is 3.58. The molecule has 0 bridgehead atoms. The van der Waals surface area contributed by atoms with E-state index in [1.807, 2.05) is 36.6 Å². The van der Waals surface area contributed by atoms with Gasteiger partial charge in [0.1, 0.15) is 11.4 Å². The molecular formula is C19H17N3O2S2. The Kier molecular flexibility index (Phi) is 4.50. The lowest BCUT2D eigenvalue weighted by Gasteiger charge is -2.15. The second-order valence-electron chi connectivity index (χ2n) is 6.20. The standard InChI is InChI=1S/C19H17N3O2S2/c1-11(26-19-18-15(6-8-25-18)20-10-21-19)17(24)14-3-4-16-13(9-14)5-7-22(16)12(2)23/h3-4,6,8-11H,5,7H2,1-2H3. The average Bonchev–Trinajstić information content (AvgIpc) is 3.27. The minimum absolute atomic E-state index is 0.0375. The first-order valence-electron chi connectivity index (χ1n) is 8.34. The molecule has 0 saturated heterocycles. The van der Waals surface area contributed by atoms with Crippen molar-refractivity contribution < 1.29 is 9.59 Å². The number of hydrogen-bond donors (Lipinski definition) is 0. The van der Waals surface area contributed by atoms with E-state index < -0.39 is 0 Å². The van der Waals surface area contributed by atoms with E-state index in [0.29, 0.717) is 12.1 Å². The summed E-state index contributed by atoms with van der Waals surface area (Å²) in [6, 6.07) is 7.59. The van der Waals surface area contributed by atoms with E-state index in [0.717, 1.165) is 32.9 Å². The van der Waals surface area contributed by atoms with Crippen molar-refractivity contribution in [3.8, 4) is 0 Å². The lowest BCUT2D eigenvalue weighted by Crippen LogP contribution is -2.25. The van der Waals surface area contributed by atoms with Crippen molar-refractivity contribution in [1.29, 1.82) is 0 Å². The number of Topliss-reactive ketones (excluding diaryl/α,β-unsaturated/α-hetero) is 1. The van der Waals surface area contributed by atoms with E-state index in [4.69, 9.17) is 0 Å². The third-order valence-electron chi connectivity index (χ3n) is 4.51. The molecule has 0 N–H and O–H groups in total. The van der Waals surface area contributed by atoms with Crippen LogP contribution in [0.15, 0.2) is 41.0 Å². The molecule has 1 aliphatic heterocycles. The van der Waals surface area contributed by atoms with Crippen LogP contribution in [-0.2, 0) is 11.2 Å². The van der Waals surface area contributed by atoms with Gasteiger partial charge in [-0.15, -0.1) is 11.3 Å². The van der Waals surface area contributed by atoms with Crippen LogP contribution in [0.1, 0.15) is 29.8 Å². The Labute approximate surface area is 159 Å². The van der Waals surface area contributed by atoms with Crippen molar-refractivity contribution in [3.05, 3.63) is 47.1 Å². The molecule has 3 aromatic rings. The highest BCUT2D eigenvalue weighted by atomic mass is 32.2. The average molecular weight is 383 g/mol. The summed E-state index contributed by atoms with van der Waals surface area (Å²) in [7, 11) is 0. The number of fused-ring (bicyclic) bond motifs is 2. The Morgan fingerprint density at radius 3 is 2.92 bits per heavy atom. The van der Waals surface area contributed by atoms with E-state index in [1.165, 1.54) is 11.8 Å². The van der Waals surface area contributed by atoms with E-state index in [-0.39, 0.29) is 16.9 Å². The molecule has 1 aliphatic rings. The van der Waals surface area contributed by atoms with Gasteiger partial charge in [0.15, 0.2) is 5.78 Å². The highest BCUT2D eigenvalue weighted by Gasteiger charge is 2.25. The van der Waals surface area contributed by atoms with Crippen molar-refractivity contribution in [2.24, 2.45) is 0 Å². The van der Waals surface area contributed by atoms with Gasteiger partial charge in [0.25, 0.3) is 0 Å². The van der Waals surface area contributed by atoms with Crippen LogP contribution in [0, 0.1) is 0 Å². The number of benzene rings is 1. The molecule has 1 amide bonds. The van der Waals surface area contributed by atoms with Crippen molar-refractivity contribution in [2.45, 2.75) is 30.5 Å². The third kappa shape index (κ3) is 3.01. The largest absolute Gasteiger partial charge is 0.312 e. The van der Waals surface area contributed by atoms with Gasteiger partial charge >= 0.3 is 0 Å².